The first-order valence-electron chi connectivity index (χ1n) is 10.2. The molecule has 0 fully saturated rings. The zero-order chi connectivity index (χ0) is 21.2. The molecule has 0 aliphatic carbocycles. The van der Waals surface area contributed by atoms with Gasteiger partial charge >= 0.3 is 0 Å². The zero-order valence-electron chi connectivity index (χ0n) is 17.2. The van der Waals surface area contributed by atoms with Gasteiger partial charge in [-0.25, -0.2) is 0 Å². The molecule has 6 heteroatoms. The van der Waals surface area contributed by atoms with Gasteiger partial charge in [0.25, 0.3) is 5.91 Å². The summed E-state index contributed by atoms with van der Waals surface area (Å²) in [4.78, 5) is 14.7. The third kappa shape index (κ3) is 3.72. The minimum Gasteiger partial charge on any atom is -0.496 e. The molecule has 156 valence electrons. The smallest absolute Gasteiger partial charge is 0.276 e. The van der Waals surface area contributed by atoms with E-state index in [1.807, 2.05) is 53.4 Å². The first-order valence-corrected chi connectivity index (χ1v) is 10.2. The number of benzene rings is 3. The predicted octanol–water partition coefficient (Wildman–Crippen LogP) is 4.61. The molecule has 0 spiro atoms. The number of ether oxygens (including phenoxy) is 2. The molecule has 31 heavy (non-hydrogen) atoms. The maximum absolute atomic E-state index is 12.9. The van der Waals surface area contributed by atoms with Crippen LogP contribution >= 0.6 is 0 Å². The fourth-order valence-corrected chi connectivity index (χ4v) is 4.01. The standard InChI is InChI=1S/C25H22N2O4/c1-29-23-10-11-24(21-9-5-4-8-20(21)23)30-16-19-14-22(26-31-19)25(28)27-13-12-17-6-2-3-7-18(17)15-27/h2-11,14H,12-13,15-16H2,1H3. The normalized spacial score (nSPS) is 13.1. The van der Waals surface area contributed by atoms with Gasteiger partial charge < -0.3 is 18.9 Å². The van der Waals surface area contributed by atoms with E-state index in [1.165, 1.54) is 11.1 Å². The Labute approximate surface area is 180 Å². The van der Waals surface area contributed by atoms with E-state index in [4.69, 9.17) is 14.0 Å². The van der Waals surface area contributed by atoms with E-state index in [9.17, 15) is 4.79 Å². The molecule has 0 unspecified atom stereocenters. The second-order valence-electron chi connectivity index (χ2n) is 7.52. The number of carbonyl (C=O) groups is 1. The van der Waals surface area contributed by atoms with Crippen LogP contribution in [0.5, 0.6) is 11.5 Å². The van der Waals surface area contributed by atoms with Gasteiger partial charge in [-0.1, -0.05) is 53.7 Å². The Morgan fingerprint density at radius 2 is 1.71 bits per heavy atom. The Bertz CT molecular complexity index is 1250. The number of hydrogen-bond acceptors (Lipinski definition) is 5. The summed E-state index contributed by atoms with van der Waals surface area (Å²) >= 11 is 0. The average molecular weight is 414 g/mol. The lowest BCUT2D eigenvalue weighted by Crippen LogP contribution is -2.36. The van der Waals surface area contributed by atoms with Crippen molar-refractivity contribution in [3.8, 4) is 11.5 Å². The van der Waals surface area contributed by atoms with Gasteiger partial charge in [-0.05, 0) is 29.7 Å². The van der Waals surface area contributed by atoms with Crippen molar-refractivity contribution in [3.63, 3.8) is 0 Å². The first-order chi connectivity index (χ1) is 15.2. The molecule has 3 aromatic carbocycles. The second-order valence-corrected chi connectivity index (χ2v) is 7.52. The molecule has 5 rings (SSSR count). The van der Waals surface area contributed by atoms with E-state index in [0.29, 0.717) is 30.3 Å². The number of hydrogen-bond donors (Lipinski definition) is 0. The molecule has 1 aliphatic rings. The molecule has 1 aliphatic heterocycles. The molecule has 1 aromatic heterocycles. The summed E-state index contributed by atoms with van der Waals surface area (Å²) in [6.07, 6.45) is 0.847. The summed E-state index contributed by atoms with van der Waals surface area (Å²) < 4.78 is 16.8. The topological polar surface area (TPSA) is 64.8 Å². The number of nitrogens with zero attached hydrogens (tertiary/aromatic N) is 2. The second kappa shape index (κ2) is 8.14. The van der Waals surface area contributed by atoms with Gasteiger partial charge in [0.1, 0.15) is 18.1 Å². The Kier molecular flexibility index (Phi) is 5.04. The molecule has 6 nitrogen and oxygen atoms in total. The van der Waals surface area contributed by atoms with Crippen LogP contribution in [0.1, 0.15) is 27.4 Å². The van der Waals surface area contributed by atoms with Gasteiger partial charge in [0.15, 0.2) is 11.5 Å². The van der Waals surface area contributed by atoms with Crippen LogP contribution in [0, 0.1) is 0 Å². The van der Waals surface area contributed by atoms with Crippen LogP contribution in [0.15, 0.2) is 71.3 Å². The summed E-state index contributed by atoms with van der Waals surface area (Å²) in [7, 11) is 1.65. The predicted molar refractivity (Wildman–Crippen MR) is 116 cm³/mol. The molecule has 0 atom stereocenters. The lowest BCUT2D eigenvalue weighted by atomic mass is 10.00. The van der Waals surface area contributed by atoms with Crippen molar-refractivity contribution in [2.24, 2.45) is 0 Å². The van der Waals surface area contributed by atoms with Gasteiger partial charge in [0.05, 0.1) is 7.11 Å². The van der Waals surface area contributed by atoms with E-state index >= 15 is 0 Å². The summed E-state index contributed by atoms with van der Waals surface area (Å²) in [5.41, 5.74) is 2.78. The molecule has 2 heterocycles. The lowest BCUT2D eigenvalue weighted by Gasteiger charge is -2.28. The van der Waals surface area contributed by atoms with E-state index in [-0.39, 0.29) is 12.5 Å². The fourth-order valence-electron chi connectivity index (χ4n) is 4.01. The minimum absolute atomic E-state index is 0.126. The number of methoxy groups -OCH3 is 1. The molecule has 0 saturated heterocycles. The number of aromatic nitrogens is 1. The number of amides is 1. The highest BCUT2D eigenvalue weighted by molar-refractivity contribution is 5.93. The van der Waals surface area contributed by atoms with Crippen molar-refractivity contribution in [3.05, 3.63) is 89.3 Å². The third-order valence-corrected chi connectivity index (χ3v) is 5.63. The molecular formula is C25H22N2O4. The summed E-state index contributed by atoms with van der Waals surface area (Å²) in [5, 5.41) is 5.91. The number of carbonyl (C=O) groups excluding carboxylic acids is 1. The highest BCUT2D eigenvalue weighted by atomic mass is 16.5. The van der Waals surface area contributed by atoms with Crippen LogP contribution in [0.4, 0.5) is 0 Å². The Morgan fingerprint density at radius 1 is 1.00 bits per heavy atom. The molecule has 0 saturated carbocycles. The largest absolute Gasteiger partial charge is 0.496 e. The van der Waals surface area contributed by atoms with Gasteiger partial charge in [0, 0.05) is 29.9 Å². The number of fused-ring (bicyclic) bond motifs is 2. The Balaban J connectivity index is 1.29. The molecule has 4 aromatic rings. The van der Waals surface area contributed by atoms with Crippen LogP contribution in [0.2, 0.25) is 0 Å². The number of rotatable bonds is 5. The van der Waals surface area contributed by atoms with Crippen molar-refractivity contribution < 1.29 is 18.8 Å². The molecule has 0 radical (unpaired) electrons. The molecule has 1 amide bonds. The quantitative estimate of drug-likeness (QED) is 0.477. The van der Waals surface area contributed by atoms with Crippen molar-refractivity contribution in [1.29, 1.82) is 0 Å². The maximum atomic E-state index is 12.9. The van der Waals surface area contributed by atoms with E-state index in [2.05, 4.69) is 17.3 Å². The molecule has 0 N–H and O–H groups in total. The Hall–Kier alpha value is -3.80. The van der Waals surface area contributed by atoms with Crippen LogP contribution in [-0.4, -0.2) is 29.6 Å². The zero-order valence-corrected chi connectivity index (χ0v) is 17.2. The van der Waals surface area contributed by atoms with Crippen molar-refractivity contribution >= 4 is 16.7 Å². The minimum atomic E-state index is -0.126. The summed E-state index contributed by atoms with van der Waals surface area (Å²) in [6, 6.07) is 21.5. The third-order valence-electron chi connectivity index (χ3n) is 5.63. The van der Waals surface area contributed by atoms with Crippen LogP contribution in [0.3, 0.4) is 0 Å². The van der Waals surface area contributed by atoms with Crippen LogP contribution in [0.25, 0.3) is 10.8 Å². The van der Waals surface area contributed by atoms with Crippen molar-refractivity contribution in [2.45, 2.75) is 19.6 Å². The molecule has 0 bridgehead atoms. The van der Waals surface area contributed by atoms with E-state index in [1.54, 1.807) is 13.2 Å². The average Bonchev–Trinajstić information content (AvgIpc) is 3.30. The first kappa shape index (κ1) is 19.2. The monoisotopic (exact) mass is 414 g/mol. The van der Waals surface area contributed by atoms with E-state index < -0.39 is 0 Å². The summed E-state index contributed by atoms with van der Waals surface area (Å²) in [5.74, 6) is 1.88. The summed E-state index contributed by atoms with van der Waals surface area (Å²) in [6.45, 7) is 1.44. The highest BCUT2D eigenvalue weighted by Gasteiger charge is 2.24. The lowest BCUT2D eigenvalue weighted by molar-refractivity contribution is 0.0724. The highest BCUT2D eigenvalue weighted by Crippen LogP contribution is 2.33. The maximum Gasteiger partial charge on any atom is 0.276 e. The fraction of sp³-hybridized carbons (Fsp3) is 0.200. The van der Waals surface area contributed by atoms with Gasteiger partial charge in [-0.3, -0.25) is 4.79 Å². The Morgan fingerprint density at radius 3 is 2.52 bits per heavy atom. The SMILES string of the molecule is COc1ccc(OCc2cc(C(=O)N3CCc4ccccc4C3)no2)c2ccccc12. The van der Waals surface area contributed by atoms with Crippen molar-refractivity contribution in [2.75, 3.05) is 13.7 Å². The molecular weight excluding hydrogens is 392 g/mol. The van der Waals surface area contributed by atoms with Gasteiger partial charge in [-0.15, -0.1) is 0 Å². The van der Waals surface area contributed by atoms with Crippen LogP contribution in [-0.2, 0) is 19.6 Å². The van der Waals surface area contributed by atoms with Gasteiger partial charge in [0.2, 0.25) is 0 Å². The van der Waals surface area contributed by atoms with E-state index in [0.717, 1.165) is 22.9 Å². The van der Waals surface area contributed by atoms with Crippen LogP contribution < -0.4 is 9.47 Å². The van der Waals surface area contributed by atoms with Crippen molar-refractivity contribution in [1.82, 2.24) is 10.1 Å². The van der Waals surface area contributed by atoms with Gasteiger partial charge in [-0.2, -0.15) is 0 Å².